The van der Waals surface area contributed by atoms with Crippen molar-refractivity contribution in [3.63, 3.8) is 0 Å². The van der Waals surface area contributed by atoms with Crippen LogP contribution >= 0.6 is 15.9 Å². The molecule has 0 radical (unpaired) electrons. The van der Waals surface area contributed by atoms with Crippen LogP contribution in [0.4, 0.5) is 5.69 Å². The number of hydrogen-bond donors (Lipinski definition) is 1. The van der Waals surface area contributed by atoms with Crippen LogP contribution in [0.3, 0.4) is 0 Å². The molecule has 0 aliphatic rings. The van der Waals surface area contributed by atoms with E-state index in [-0.39, 0.29) is 0 Å². The van der Waals surface area contributed by atoms with E-state index in [1.807, 2.05) is 18.2 Å². The molecule has 90 valence electrons. The Morgan fingerprint density at radius 2 is 2.17 bits per heavy atom. The standard InChI is InChI=1S/C12H9BrN4O/c13-9-1-2-11(15-5-9)17-6-10(14)12(16-17)8-3-4-18-7-8/h1-7H,14H2. The zero-order valence-electron chi connectivity index (χ0n) is 9.25. The number of halogens is 1. The van der Waals surface area contributed by atoms with Crippen molar-refractivity contribution in [3.05, 3.63) is 47.6 Å². The Kier molecular flexibility index (Phi) is 2.64. The van der Waals surface area contributed by atoms with Crippen LogP contribution in [0.5, 0.6) is 0 Å². The molecule has 0 saturated carbocycles. The average molecular weight is 305 g/mol. The number of hydrogen-bond acceptors (Lipinski definition) is 4. The van der Waals surface area contributed by atoms with Crippen molar-refractivity contribution in [1.82, 2.24) is 14.8 Å². The predicted molar refractivity (Wildman–Crippen MR) is 71.2 cm³/mol. The fraction of sp³-hybridized carbons (Fsp3) is 0. The van der Waals surface area contributed by atoms with Gasteiger partial charge in [-0.25, -0.2) is 9.67 Å². The van der Waals surface area contributed by atoms with Crippen LogP contribution in [0, 0.1) is 0 Å². The van der Waals surface area contributed by atoms with Crippen molar-refractivity contribution in [3.8, 4) is 17.1 Å². The first-order valence-corrected chi connectivity index (χ1v) is 6.03. The van der Waals surface area contributed by atoms with Crippen molar-refractivity contribution in [2.45, 2.75) is 0 Å². The SMILES string of the molecule is Nc1cn(-c2ccc(Br)cn2)nc1-c1ccoc1. The highest BCUT2D eigenvalue weighted by molar-refractivity contribution is 9.10. The van der Waals surface area contributed by atoms with Gasteiger partial charge in [0, 0.05) is 16.2 Å². The predicted octanol–water partition coefficient (Wildman–Crippen LogP) is 2.87. The summed E-state index contributed by atoms with van der Waals surface area (Å²) in [7, 11) is 0. The molecule has 3 aromatic rings. The summed E-state index contributed by atoms with van der Waals surface area (Å²) in [6, 6.07) is 5.57. The van der Waals surface area contributed by atoms with Crippen LogP contribution in [0.25, 0.3) is 17.1 Å². The third-order valence-electron chi connectivity index (χ3n) is 2.48. The van der Waals surface area contributed by atoms with Gasteiger partial charge < -0.3 is 10.2 Å². The van der Waals surface area contributed by atoms with Crippen molar-refractivity contribution >= 4 is 21.6 Å². The second-order valence-corrected chi connectivity index (χ2v) is 4.64. The van der Waals surface area contributed by atoms with E-state index in [4.69, 9.17) is 10.2 Å². The van der Waals surface area contributed by atoms with E-state index in [1.54, 1.807) is 29.6 Å². The molecule has 0 bridgehead atoms. The minimum Gasteiger partial charge on any atom is -0.472 e. The largest absolute Gasteiger partial charge is 0.472 e. The van der Waals surface area contributed by atoms with Gasteiger partial charge in [-0.05, 0) is 34.1 Å². The molecule has 5 nitrogen and oxygen atoms in total. The fourth-order valence-corrected chi connectivity index (χ4v) is 1.87. The molecule has 6 heteroatoms. The van der Waals surface area contributed by atoms with Crippen molar-refractivity contribution < 1.29 is 4.42 Å². The van der Waals surface area contributed by atoms with Gasteiger partial charge in [0.2, 0.25) is 0 Å². The maximum Gasteiger partial charge on any atom is 0.153 e. The number of anilines is 1. The van der Waals surface area contributed by atoms with Gasteiger partial charge in [-0.1, -0.05) is 0 Å². The monoisotopic (exact) mass is 304 g/mol. The Bertz CT molecular complexity index is 658. The Balaban J connectivity index is 2.05. The maximum atomic E-state index is 5.94. The summed E-state index contributed by atoms with van der Waals surface area (Å²) in [5.74, 6) is 0.708. The number of aromatic nitrogens is 3. The maximum absolute atomic E-state index is 5.94. The molecule has 0 aromatic carbocycles. The zero-order valence-corrected chi connectivity index (χ0v) is 10.8. The van der Waals surface area contributed by atoms with E-state index in [2.05, 4.69) is 26.0 Å². The first-order chi connectivity index (χ1) is 8.74. The van der Waals surface area contributed by atoms with Crippen LogP contribution in [-0.2, 0) is 0 Å². The molecule has 3 heterocycles. The Hall–Kier alpha value is -2.08. The summed E-state index contributed by atoms with van der Waals surface area (Å²) in [6.07, 6.45) is 6.65. The summed E-state index contributed by atoms with van der Waals surface area (Å²) in [5, 5.41) is 4.41. The molecule has 0 saturated heterocycles. The molecule has 0 aliphatic carbocycles. The van der Waals surface area contributed by atoms with Gasteiger partial charge in [0.25, 0.3) is 0 Å². The molecular weight excluding hydrogens is 296 g/mol. The van der Waals surface area contributed by atoms with Gasteiger partial charge in [0.05, 0.1) is 24.4 Å². The summed E-state index contributed by atoms with van der Waals surface area (Å²) >= 11 is 3.34. The van der Waals surface area contributed by atoms with E-state index in [0.717, 1.165) is 10.0 Å². The van der Waals surface area contributed by atoms with E-state index >= 15 is 0 Å². The Morgan fingerprint density at radius 1 is 1.28 bits per heavy atom. The zero-order chi connectivity index (χ0) is 12.5. The number of nitrogens with zero attached hydrogens (tertiary/aromatic N) is 3. The van der Waals surface area contributed by atoms with Crippen molar-refractivity contribution in [2.75, 3.05) is 5.73 Å². The summed E-state index contributed by atoms with van der Waals surface area (Å²) < 4.78 is 7.59. The normalized spacial score (nSPS) is 10.7. The molecule has 0 fully saturated rings. The van der Waals surface area contributed by atoms with Gasteiger partial charge in [-0.2, -0.15) is 5.10 Å². The highest BCUT2D eigenvalue weighted by atomic mass is 79.9. The lowest BCUT2D eigenvalue weighted by Gasteiger charge is -1.99. The number of nitrogen functional groups attached to an aromatic ring is 1. The van der Waals surface area contributed by atoms with Gasteiger partial charge in [-0.15, -0.1) is 0 Å². The molecule has 0 aliphatic heterocycles. The van der Waals surface area contributed by atoms with Crippen LogP contribution in [0.15, 0.2) is 52.0 Å². The van der Waals surface area contributed by atoms with E-state index in [1.165, 1.54) is 0 Å². The topological polar surface area (TPSA) is 69.9 Å². The lowest BCUT2D eigenvalue weighted by atomic mass is 10.2. The molecule has 3 aromatic heterocycles. The molecule has 0 amide bonds. The number of nitrogens with two attached hydrogens (primary N) is 1. The third kappa shape index (κ3) is 1.91. The average Bonchev–Trinajstić information content (AvgIpc) is 2.99. The summed E-state index contributed by atoms with van der Waals surface area (Å²) in [5.41, 5.74) is 8.06. The minimum absolute atomic E-state index is 0.584. The second kappa shape index (κ2) is 4.30. The Labute approximate surface area is 111 Å². The second-order valence-electron chi connectivity index (χ2n) is 3.72. The third-order valence-corrected chi connectivity index (χ3v) is 2.95. The minimum atomic E-state index is 0.584. The molecule has 0 spiro atoms. The molecular formula is C12H9BrN4O. The van der Waals surface area contributed by atoms with Gasteiger partial charge in [0.15, 0.2) is 5.82 Å². The lowest BCUT2D eigenvalue weighted by molar-refractivity contribution is 0.568. The molecule has 2 N–H and O–H groups in total. The van der Waals surface area contributed by atoms with Crippen molar-refractivity contribution in [1.29, 1.82) is 0 Å². The van der Waals surface area contributed by atoms with Crippen LogP contribution < -0.4 is 5.73 Å². The van der Waals surface area contributed by atoms with E-state index in [0.29, 0.717) is 17.2 Å². The summed E-state index contributed by atoms with van der Waals surface area (Å²) in [6.45, 7) is 0. The summed E-state index contributed by atoms with van der Waals surface area (Å²) in [4.78, 5) is 4.26. The van der Waals surface area contributed by atoms with E-state index < -0.39 is 0 Å². The quantitative estimate of drug-likeness (QED) is 0.790. The van der Waals surface area contributed by atoms with Crippen molar-refractivity contribution in [2.24, 2.45) is 0 Å². The van der Waals surface area contributed by atoms with Crippen LogP contribution in [-0.4, -0.2) is 14.8 Å². The molecule has 0 unspecified atom stereocenters. The molecule has 3 rings (SSSR count). The number of furan rings is 1. The highest BCUT2D eigenvalue weighted by Gasteiger charge is 2.11. The first-order valence-electron chi connectivity index (χ1n) is 5.23. The smallest absolute Gasteiger partial charge is 0.153 e. The highest BCUT2D eigenvalue weighted by Crippen LogP contribution is 2.25. The fourth-order valence-electron chi connectivity index (χ4n) is 1.63. The van der Waals surface area contributed by atoms with Gasteiger partial charge in [-0.3, -0.25) is 0 Å². The Morgan fingerprint density at radius 3 is 2.83 bits per heavy atom. The molecule has 0 atom stereocenters. The molecule has 18 heavy (non-hydrogen) atoms. The van der Waals surface area contributed by atoms with Gasteiger partial charge >= 0.3 is 0 Å². The number of rotatable bonds is 2. The number of pyridine rings is 1. The van der Waals surface area contributed by atoms with Crippen LogP contribution in [0.1, 0.15) is 0 Å². The van der Waals surface area contributed by atoms with Gasteiger partial charge in [0.1, 0.15) is 5.69 Å². The van der Waals surface area contributed by atoms with E-state index in [9.17, 15) is 0 Å². The lowest BCUT2D eigenvalue weighted by Crippen LogP contribution is -1.97. The first kappa shape index (κ1) is 11.0. The van der Waals surface area contributed by atoms with Crippen LogP contribution in [0.2, 0.25) is 0 Å².